The Morgan fingerprint density at radius 1 is 1.22 bits per heavy atom. The number of benzene rings is 2. The van der Waals surface area contributed by atoms with Gasteiger partial charge in [0.2, 0.25) is 5.91 Å². The molecule has 1 atom stereocenters. The van der Waals surface area contributed by atoms with E-state index in [1.165, 1.54) is 5.56 Å². The van der Waals surface area contributed by atoms with Crippen LogP contribution in [0.5, 0.6) is 0 Å². The summed E-state index contributed by atoms with van der Waals surface area (Å²) in [5.41, 5.74) is 3.61. The molecule has 1 heterocycles. The van der Waals surface area contributed by atoms with Gasteiger partial charge in [-0.3, -0.25) is 9.59 Å². The van der Waals surface area contributed by atoms with Crippen LogP contribution >= 0.6 is 0 Å². The van der Waals surface area contributed by atoms with Crippen LogP contribution < -0.4 is 5.32 Å². The highest BCUT2D eigenvalue weighted by atomic mass is 16.2. The second kappa shape index (κ2) is 6.24. The van der Waals surface area contributed by atoms with Gasteiger partial charge in [0.1, 0.15) is 6.04 Å². The van der Waals surface area contributed by atoms with Gasteiger partial charge in [-0.1, -0.05) is 37.3 Å². The van der Waals surface area contributed by atoms with Gasteiger partial charge in [-0.15, -0.1) is 0 Å². The second-order valence-electron chi connectivity index (χ2n) is 5.81. The Hall–Kier alpha value is -2.62. The molecule has 2 amide bonds. The molecule has 0 aromatic heterocycles. The molecule has 0 saturated heterocycles. The van der Waals surface area contributed by atoms with Crippen molar-refractivity contribution in [3.63, 3.8) is 0 Å². The van der Waals surface area contributed by atoms with E-state index >= 15 is 0 Å². The minimum Gasteiger partial charge on any atom is -0.324 e. The minimum absolute atomic E-state index is 0.0782. The van der Waals surface area contributed by atoms with E-state index in [4.69, 9.17) is 0 Å². The summed E-state index contributed by atoms with van der Waals surface area (Å²) in [7, 11) is 0. The lowest BCUT2D eigenvalue weighted by Gasteiger charge is -2.23. The van der Waals surface area contributed by atoms with E-state index in [0.29, 0.717) is 12.1 Å². The molecular formula is C19H20N2O2. The molecule has 0 fully saturated rings. The molecule has 0 aliphatic carbocycles. The molecule has 118 valence electrons. The molecule has 4 nitrogen and oxygen atoms in total. The van der Waals surface area contributed by atoms with Crippen LogP contribution in [0.3, 0.4) is 0 Å². The number of anilines is 1. The molecule has 3 rings (SSSR count). The van der Waals surface area contributed by atoms with Gasteiger partial charge in [0.05, 0.1) is 0 Å². The number of amides is 2. The number of aryl methyl sites for hydroxylation is 1. The molecule has 0 bridgehead atoms. The Morgan fingerprint density at radius 3 is 2.74 bits per heavy atom. The molecule has 4 heteroatoms. The third-order valence-electron chi connectivity index (χ3n) is 4.30. The molecule has 1 aliphatic heterocycles. The largest absolute Gasteiger partial charge is 0.324 e. The Balaban J connectivity index is 1.72. The monoisotopic (exact) mass is 308 g/mol. The van der Waals surface area contributed by atoms with Gasteiger partial charge in [0, 0.05) is 17.8 Å². The smallest absolute Gasteiger partial charge is 0.255 e. The highest BCUT2D eigenvalue weighted by molar-refractivity contribution is 6.03. The van der Waals surface area contributed by atoms with Gasteiger partial charge in [0.15, 0.2) is 0 Å². The summed E-state index contributed by atoms with van der Waals surface area (Å²) in [6.45, 7) is 4.32. The first-order chi connectivity index (χ1) is 11.1. The summed E-state index contributed by atoms with van der Waals surface area (Å²) in [4.78, 5) is 26.5. The number of carbonyl (C=O) groups is 2. The van der Waals surface area contributed by atoms with Gasteiger partial charge >= 0.3 is 0 Å². The standard InChI is InChI=1S/C19H20N2O2/c1-3-14-7-6-9-16(11-14)20-18(22)13(2)21-12-15-8-4-5-10-17(15)19(21)23/h4-11,13H,3,12H2,1-2H3,(H,20,22). The van der Waals surface area contributed by atoms with Crippen LogP contribution in [0.15, 0.2) is 48.5 Å². The average Bonchev–Trinajstić information content (AvgIpc) is 2.91. The van der Waals surface area contributed by atoms with E-state index < -0.39 is 6.04 Å². The molecule has 0 saturated carbocycles. The van der Waals surface area contributed by atoms with E-state index in [1.54, 1.807) is 11.8 Å². The number of fused-ring (bicyclic) bond motifs is 1. The molecule has 1 aliphatic rings. The number of carbonyl (C=O) groups excluding carboxylic acids is 2. The Labute approximate surface area is 136 Å². The fraction of sp³-hybridized carbons (Fsp3) is 0.263. The topological polar surface area (TPSA) is 49.4 Å². The first kappa shape index (κ1) is 15.3. The lowest BCUT2D eigenvalue weighted by atomic mass is 10.1. The fourth-order valence-electron chi connectivity index (χ4n) is 2.85. The van der Waals surface area contributed by atoms with E-state index in [0.717, 1.165) is 17.7 Å². The lowest BCUT2D eigenvalue weighted by molar-refractivity contribution is -0.120. The van der Waals surface area contributed by atoms with Crippen molar-refractivity contribution >= 4 is 17.5 Å². The maximum atomic E-state index is 12.5. The van der Waals surface area contributed by atoms with E-state index in [-0.39, 0.29) is 11.8 Å². The number of rotatable bonds is 4. The Bertz CT molecular complexity index is 755. The third-order valence-corrected chi connectivity index (χ3v) is 4.30. The van der Waals surface area contributed by atoms with Crippen LogP contribution in [0.1, 0.15) is 35.3 Å². The highest BCUT2D eigenvalue weighted by Crippen LogP contribution is 2.24. The van der Waals surface area contributed by atoms with Crippen LogP contribution in [0.4, 0.5) is 5.69 Å². The molecule has 2 aromatic rings. The summed E-state index contributed by atoms with van der Waals surface area (Å²) in [5, 5.41) is 2.91. The SMILES string of the molecule is CCc1cccc(NC(=O)C(C)N2Cc3ccccc3C2=O)c1. The van der Waals surface area contributed by atoms with Crippen molar-refractivity contribution in [2.45, 2.75) is 32.9 Å². The fourth-order valence-corrected chi connectivity index (χ4v) is 2.85. The normalized spacial score (nSPS) is 14.5. The predicted molar refractivity (Wildman–Crippen MR) is 90.2 cm³/mol. The third kappa shape index (κ3) is 2.97. The first-order valence-corrected chi connectivity index (χ1v) is 7.89. The van der Waals surface area contributed by atoms with Crippen LogP contribution in [0, 0.1) is 0 Å². The molecule has 0 spiro atoms. The quantitative estimate of drug-likeness (QED) is 0.942. The van der Waals surface area contributed by atoms with Crippen LogP contribution in [0.2, 0.25) is 0 Å². The van der Waals surface area contributed by atoms with Gasteiger partial charge in [0.25, 0.3) is 5.91 Å². The summed E-state index contributed by atoms with van der Waals surface area (Å²) in [6, 6.07) is 14.8. The highest BCUT2D eigenvalue weighted by Gasteiger charge is 2.33. The molecule has 0 radical (unpaired) electrons. The summed E-state index contributed by atoms with van der Waals surface area (Å²) in [6.07, 6.45) is 0.916. The van der Waals surface area contributed by atoms with Crippen molar-refractivity contribution in [3.05, 3.63) is 65.2 Å². The summed E-state index contributed by atoms with van der Waals surface area (Å²) >= 11 is 0. The van der Waals surface area contributed by atoms with Crippen LogP contribution in [-0.2, 0) is 17.8 Å². The van der Waals surface area contributed by atoms with Crippen molar-refractivity contribution < 1.29 is 9.59 Å². The van der Waals surface area contributed by atoms with Crippen molar-refractivity contribution in [3.8, 4) is 0 Å². The summed E-state index contributed by atoms with van der Waals surface area (Å²) < 4.78 is 0. The first-order valence-electron chi connectivity index (χ1n) is 7.89. The molecular weight excluding hydrogens is 288 g/mol. The van der Waals surface area contributed by atoms with Crippen molar-refractivity contribution in [2.24, 2.45) is 0 Å². The van der Waals surface area contributed by atoms with Crippen LogP contribution in [0.25, 0.3) is 0 Å². The Morgan fingerprint density at radius 2 is 2.00 bits per heavy atom. The lowest BCUT2D eigenvalue weighted by Crippen LogP contribution is -2.42. The molecule has 2 aromatic carbocycles. The van der Waals surface area contributed by atoms with Crippen molar-refractivity contribution in [1.29, 1.82) is 0 Å². The number of nitrogens with one attached hydrogen (secondary N) is 1. The van der Waals surface area contributed by atoms with Gasteiger partial charge in [-0.2, -0.15) is 0 Å². The van der Waals surface area contributed by atoms with Gasteiger partial charge in [-0.05, 0) is 42.7 Å². The number of nitrogens with zero attached hydrogens (tertiary/aromatic N) is 1. The number of hydrogen-bond donors (Lipinski definition) is 1. The molecule has 1 N–H and O–H groups in total. The van der Waals surface area contributed by atoms with E-state index in [1.807, 2.05) is 48.5 Å². The average molecular weight is 308 g/mol. The van der Waals surface area contributed by atoms with Crippen molar-refractivity contribution in [1.82, 2.24) is 4.90 Å². The minimum atomic E-state index is -0.514. The van der Waals surface area contributed by atoms with E-state index in [9.17, 15) is 9.59 Å². The zero-order valence-electron chi connectivity index (χ0n) is 13.4. The van der Waals surface area contributed by atoms with Gasteiger partial charge in [-0.25, -0.2) is 0 Å². The molecule has 1 unspecified atom stereocenters. The van der Waals surface area contributed by atoms with E-state index in [2.05, 4.69) is 12.2 Å². The van der Waals surface area contributed by atoms with Crippen molar-refractivity contribution in [2.75, 3.05) is 5.32 Å². The predicted octanol–water partition coefficient (Wildman–Crippen LogP) is 3.23. The van der Waals surface area contributed by atoms with Gasteiger partial charge < -0.3 is 10.2 Å². The zero-order valence-corrected chi connectivity index (χ0v) is 13.4. The second-order valence-corrected chi connectivity index (χ2v) is 5.81. The Kier molecular flexibility index (Phi) is 4.15. The van der Waals surface area contributed by atoms with Crippen LogP contribution in [-0.4, -0.2) is 22.8 Å². The zero-order chi connectivity index (χ0) is 16.4. The number of hydrogen-bond acceptors (Lipinski definition) is 2. The molecule has 23 heavy (non-hydrogen) atoms. The maximum absolute atomic E-state index is 12.5. The summed E-state index contributed by atoms with van der Waals surface area (Å²) in [5.74, 6) is -0.245. The maximum Gasteiger partial charge on any atom is 0.255 e.